The van der Waals surface area contributed by atoms with E-state index in [4.69, 9.17) is 0 Å². The summed E-state index contributed by atoms with van der Waals surface area (Å²) in [6.07, 6.45) is 5.59. The average molecular weight is 261 g/mol. The van der Waals surface area contributed by atoms with Crippen LogP contribution in [0.2, 0.25) is 0 Å². The Morgan fingerprint density at radius 1 is 1.26 bits per heavy atom. The van der Waals surface area contributed by atoms with Gasteiger partial charge >= 0.3 is 0 Å². The summed E-state index contributed by atoms with van der Waals surface area (Å²) in [5.41, 5.74) is 1.15. The summed E-state index contributed by atoms with van der Waals surface area (Å²) in [6, 6.07) is 0.506. The van der Waals surface area contributed by atoms with E-state index in [9.17, 15) is 4.79 Å². The van der Waals surface area contributed by atoms with Gasteiger partial charge in [-0.05, 0) is 19.3 Å². The van der Waals surface area contributed by atoms with Gasteiger partial charge in [0, 0.05) is 38.8 Å². The van der Waals surface area contributed by atoms with Crippen molar-refractivity contribution >= 4 is 5.91 Å². The summed E-state index contributed by atoms with van der Waals surface area (Å²) in [7, 11) is 1.89. The quantitative estimate of drug-likeness (QED) is 0.782. The van der Waals surface area contributed by atoms with Crippen LogP contribution in [0.1, 0.15) is 36.9 Å². The third-order valence-electron chi connectivity index (χ3n) is 4.63. The minimum Gasteiger partial charge on any atom is -0.344 e. The molecule has 19 heavy (non-hydrogen) atoms. The van der Waals surface area contributed by atoms with Crippen LogP contribution in [0.3, 0.4) is 0 Å². The molecule has 0 bridgehead atoms. The normalized spacial score (nSPS) is 29.0. The van der Waals surface area contributed by atoms with Crippen molar-refractivity contribution in [2.75, 3.05) is 26.7 Å². The molecule has 2 aliphatic heterocycles. The van der Waals surface area contributed by atoms with Crippen molar-refractivity contribution in [2.24, 2.45) is 0 Å². The number of hydrogen-bond donors (Lipinski definition) is 0. The van der Waals surface area contributed by atoms with Gasteiger partial charge in [0.25, 0.3) is 0 Å². The predicted octanol–water partition coefficient (Wildman–Crippen LogP) is 0.243. The second-order valence-corrected chi connectivity index (χ2v) is 6.07. The Morgan fingerprint density at radius 3 is 2.68 bits per heavy atom. The van der Waals surface area contributed by atoms with Gasteiger partial charge in [0.15, 0.2) is 0 Å². The molecule has 0 aromatic carbocycles. The summed E-state index contributed by atoms with van der Waals surface area (Å²) >= 11 is 0. The zero-order valence-corrected chi connectivity index (χ0v) is 11.2. The van der Waals surface area contributed by atoms with E-state index in [-0.39, 0.29) is 11.9 Å². The summed E-state index contributed by atoms with van der Waals surface area (Å²) in [6.45, 7) is 2.75. The van der Waals surface area contributed by atoms with Crippen LogP contribution in [-0.2, 0) is 4.79 Å². The minimum absolute atomic E-state index is 0.104. The Labute approximate surface area is 112 Å². The highest BCUT2D eigenvalue weighted by atomic mass is 16.2. The Kier molecular flexibility index (Phi) is 2.42. The predicted molar refractivity (Wildman–Crippen MR) is 68.6 cm³/mol. The maximum atomic E-state index is 11.9. The second-order valence-electron chi connectivity index (χ2n) is 6.07. The van der Waals surface area contributed by atoms with Gasteiger partial charge in [-0.3, -0.25) is 9.69 Å². The number of nitrogens with zero attached hydrogens (tertiary/aromatic N) is 5. The van der Waals surface area contributed by atoms with Crippen molar-refractivity contribution in [3.63, 3.8) is 0 Å². The van der Waals surface area contributed by atoms with Gasteiger partial charge in [0.05, 0.1) is 17.8 Å². The summed E-state index contributed by atoms with van der Waals surface area (Å²) in [5.74, 6) is 0.936. The Hall–Kier alpha value is -1.43. The van der Waals surface area contributed by atoms with E-state index >= 15 is 0 Å². The molecule has 1 amide bonds. The maximum Gasteiger partial charge on any atom is 0.239 e. The van der Waals surface area contributed by atoms with Crippen molar-refractivity contribution in [1.29, 1.82) is 0 Å². The van der Waals surface area contributed by atoms with Crippen LogP contribution in [0.5, 0.6) is 0 Å². The van der Waals surface area contributed by atoms with Gasteiger partial charge in [-0.1, -0.05) is 5.21 Å². The molecule has 0 spiro atoms. The molecule has 0 N–H and O–H groups in total. The number of likely N-dealkylation sites (N-methyl/N-ethyl adjacent to an activating group) is 1. The van der Waals surface area contributed by atoms with E-state index in [1.165, 1.54) is 12.8 Å². The molecule has 1 aromatic rings. The Bertz CT molecular complexity index is 503. The van der Waals surface area contributed by atoms with Crippen molar-refractivity contribution in [3.05, 3.63) is 11.9 Å². The SMILES string of the molecule is CN1CCC(N2CC(n3cc(C4CC4)nn3)C2)C1=O. The van der Waals surface area contributed by atoms with E-state index in [1.54, 1.807) is 0 Å². The smallest absolute Gasteiger partial charge is 0.239 e. The number of aromatic nitrogens is 3. The lowest BCUT2D eigenvalue weighted by molar-refractivity contribution is -0.133. The van der Waals surface area contributed by atoms with Crippen LogP contribution in [0, 0.1) is 0 Å². The lowest BCUT2D eigenvalue weighted by Crippen LogP contribution is -2.55. The summed E-state index contributed by atoms with van der Waals surface area (Å²) in [5, 5.41) is 8.49. The standard InChI is InChI=1S/C13H19N5O/c1-16-5-4-12(13(16)19)17-6-10(7-17)18-8-11(14-15-18)9-2-3-9/h8-10,12H,2-7H2,1H3. The maximum absolute atomic E-state index is 11.9. The highest BCUT2D eigenvalue weighted by molar-refractivity contribution is 5.83. The molecule has 3 aliphatic rings. The van der Waals surface area contributed by atoms with Gasteiger partial charge in [-0.25, -0.2) is 4.68 Å². The van der Waals surface area contributed by atoms with Crippen molar-refractivity contribution in [1.82, 2.24) is 24.8 Å². The van der Waals surface area contributed by atoms with E-state index in [0.717, 1.165) is 31.7 Å². The monoisotopic (exact) mass is 261 g/mol. The fourth-order valence-electron chi connectivity index (χ4n) is 3.09. The molecule has 1 unspecified atom stereocenters. The lowest BCUT2D eigenvalue weighted by atomic mass is 10.0. The van der Waals surface area contributed by atoms with Crippen LogP contribution in [0.25, 0.3) is 0 Å². The molecule has 2 saturated heterocycles. The summed E-state index contributed by atoms with van der Waals surface area (Å²) < 4.78 is 1.99. The average Bonchev–Trinajstić information content (AvgIpc) is 3.01. The molecule has 0 radical (unpaired) electrons. The van der Waals surface area contributed by atoms with E-state index in [1.807, 2.05) is 16.6 Å². The first-order chi connectivity index (χ1) is 9.22. The number of amides is 1. The third kappa shape index (κ3) is 1.85. The van der Waals surface area contributed by atoms with Crippen LogP contribution in [0.15, 0.2) is 6.20 Å². The first kappa shape index (κ1) is 11.4. The van der Waals surface area contributed by atoms with Crippen LogP contribution in [0.4, 0.5) is 0 Å². The van der Waals surface area contributed by atoms with Crippen LogP contribution in [-0.4, -0.2) is 63.4 Å². The first-order valence-electron chi connectivity index (χ1n) is 7.13. The van der Waals surface area contributed by atoms with Gasteiger partial charge in [0.1, 0.15) is 0 Å². The number of likely N-dealkylation sites (tertiary alicyclic amines) is 2. The molecular formula is C13H19N5O. The van der Waals surface area contributed by atoms with Gasteiger partial charge < -0.3 is 4.90 Å². The number of hydrogen-bond acceptors (Lipinski definition) is 4. The Morgan fingerprint density at radius 2 is 2.05 bits per heavy atom. The number of carbonyl (C=O) groups is 1. The van der Waals surface area contributed by atoms with Gasteiger partial charge in [-0.2, -0.15) is 0 Å². The molecule has 4 rings (SSSR count). The lowest BCUT2D eigenvalue weighted by Gasteiger charge is -2.41. The topological polar surface area (TPSA) is 54.3 Å². The van der Waals surface area contributed by atoms with Gasteiger partial charge in [-0.15, -0.1) is 5.10 Å². The second kappa shape index (κ2) is 4.03. The fraction of sp³-hybridized carbons (Fsp3) is 0.769. The first-order valence-corrected chi connectivity index (χ1v) is 7.13. The number of rotatable bonds is 3. The highest BCUT2D eigenvalue weighted by Crippen LogP contribution is 2.39. The molecule has 102 valence electrons. The van der Waals surface area contributed by atoms with Crippen molar-refractivity contribution in [2.45, 2.75) is 37.3 Å². The molecule has 3 fully saturated rings. The van der Waals surface area contributed by atoms with Gasteiger partial charge in [0.2, 0.25) is 5.91 Å². The van der Waals surface area contributed by atoms with E-state index in [2.05, 4.69) is 21.4 Å². The Balaban J connectivity index is 1.38. The fourth-order valence-corrected chi connectivity index (χ4v) is 3.09. The molecule has 1 saturated carbocycles. The highest BCUT2D eigenvalue weighted by Gasteiger charge is 2.41. The summed E-state index contributed by atoms with van der Waals surface area (Å²) in [4.78, 5) is 16.0. The largest absolute Gasteiger partial charge is 0.344 e. The molecule has 1 aliphatic carbocycles. The van der Waals surface area contributed by atoms with Crippen LogP contribution < -0.4 is 0 Å². The van der Waals surface area contributed by atoms with Crippen molar-refractivity contribution < 1.29 is 4.79 Å². The van der Waals surface area contributed by atoms with E-state index in [0.29, 0.717) is 12.0 Å². The molecule has 6 nitrogen and oxygen atoms in total. The van der Waals surface area contributed by atoms with Crippen molar-refractivity contribution in [3.8, 4) is 0 Å². The van der Waals surface area contributed by atoms with Crippen LogP contribution >= 0.6 is 0 Å². The zero-order chi connectivity index (χ0) is 13.0. The van der Waals surface area contributed by atoms with E-state index < -0.39 is 0 Å². The number of carbonyl (C=O) groups excluding carboxylic acids is 1. The molecular weight excluding hydrogens is 242 g/mol. The molecule has 3 heterocycles. The third-order valence-corrected chi connectivity index (χ3v) is 4.63. The molecule has 1 aromatic heterocycles. The molecule has 6 heteroatoms. The zero-order valence-electron chi connectivity index (χ0n) is 11.2. The minimum atomic E-state index is 0.104. The molecule has 1 atom stereocenters.